The van der Waals surface area contributed by atoms with Crippen molar-refractivity contribution < 1.29 is 9.18 Å². The first kappa shape index (κ1) is 14.9. The van der Waals surface area contributed by atoms with E-state index in [1.54, 1.807) is 25.3 Å². The monoisotopic (exact) mass is 311 g/mol. The van der Waals surface area contributed by atoms with E-state index in [-0.39, 0.29) is 11.3 Å². The molecular formula is C17H14FN3O2. The quantitative estimate of drug-likeness (QED) is 0.791. The summed E-state index contributed by atoms with van der Waals surface area (Å²) in [6.45, 7) is 3.48. The van der Waals surface area contributed by atoms with Crippen molar-refractivity contribution in [3.05, 3.63) is 75.6 Å². The highest BCUT2D eigenvalue weighted by molar-refractivity contribution is 6.04. The summed E-state index contributed by atoms with van der Waals surface area (Å²) in [5.74, 6) is -1.33. The maximum Gasteiger partial charge on any atom is 0.281 e. The van der Waals surface area contributed by atoms with Crippen molar-refractivity contribution in [1.82, 2.24) is 9.38 Å². The van der Waals surface area contributed by atoms with E-state index in [1.807, 2.05) is 13.0 Å². The molecule has 5 nitrogen and oxygen atoms in total. The van der Waals surface area contributed by atoms with Gasteiger partial charge in [-0.1, -0.05) is 18.2 Å². The van der Waals surface area contributed by atoms with Crippen molar-refractivity contribution in [3.8, 4) is 0 Å². The summed E-state index contributed by atoms with van der Waals surface area (Å²) < 4.78 is 15.1. The van der Waals surface area contributed by atoms with Gasteiger partial charge in [0.15, 0.2) is 0 Å². The molecule has 2 heterocycles. The van der Waals surface area contributed by atoms with Gasteiger partial charge in [0.25, 0.3) is 11.5 Å². The van der Waals surface area contributed by atoms with E-state index in [9.17, 15) is 14.0 Å². The fourth-order valence-electron chi connectivity index (χ4n) is 2.37. The molecule has 1 amide bonds. The Kier molecular flexibility index (Phi) is 3.65. The molecule has 0 spiro atoms. The Morgan fingerprint density at radius 2 is 1.91 bits per heavy atom. The molecule has 0 saturated heterocycles. The number of nitrogens with one attached hydrogen (secondary N) is 1. The van der Waals surface area contributed by atoms with Gasteiger partial charge in [-0.2, -0.15) is 0 Å². The molecular weight excluding hydrogens is 297 g/mol. The van der Waals surface area contributed by atoms with Crippen molar-refractivity contribution in [2.24, 2.45) is 0 Å². The zero-order valence-corrected chi connectivity index (χ0v) is 12.6. The lowest BCUT2D eigenvalue weighted by Gasteiger charge is -2.11. The van der Waals surface area contributed by atoms with Crippen LogP contribution in [0.25, 0.3) is 5.65 Å². The SMILES string of the molecule is Cc1nc2c(C)cccn2c(=O)c1NC(=O)c1ccccc1F. The maximum atomic E-state index is 13.7. The summed E-state index contributed by atoms with van der Waals surface area (Å²) in [4.78, 5) is 29.1. The molecule has 1 aromatic carbocycles. The number of anilines is 1. The lowest BCUT2D eigenvalue weighted by molar-refractivity contribution is 0.102. The van der Waals surface area contributed by atoms with E-state index in [2.05, 4.69) is 10.3 Å². The average Bonchev–Trinajstić information content (AvgIpc) is 2.53. The summed E-state index contributed by atoms with van der Waals surface area (Å²) in [6, 6.07) is 9.17. The minimum absolute atomic E-state index is 0.0429. The van der Waals surface area contributed by atoms with E-state index in [0.29, 0.717) is 11.3 Å². The van der Waals surface area contributed by atoms with Crippen LogP contribution in [0.5, 0.6) is 0 Å². The van der Waals surface area contributed by atoms with Crippen molar-refractivity contribution in [1.29, 1.82) is 0 Å². The predicted octanol–water partition coefficient (Wildman–Crippen LogP) is 2.70. The number of aryl methyl sites for hydroxylation is 2. The van der Waals surface area contributed by atoms with Crippen LogP contribution in [0.2, 0.25) is 0 Å². The first-order valence-corrected chi connectivity index (χ1v) is 7.03. The minimum atomic E-state index is -0.683. The van der Waals surface area contributed by atoms with Gasteiger partial charge < -0.3 is 5.32 Å². The van der Waals surface area contributed by atoms with Crippen molar-refractivity contribution >= 4 is 17.2 Å². The number of rotatable bonds is 2. The Morgan fingerprint density at radius 3 is 2.65 bits per heavy atom. The number of benzene rings is 1. The second kappa shape index (κ2) is 5.64. The van der Waals surface area contributed by atoms with E-state index in [1.165, 1.54) is 22.6 Å². The summed E-state index contributed by atoms with van der Waals surface area (Å²) in [5, 5.41) is 2.47. The Balaban J connectivity index is 2.09. The van der Waals surface area contributed by atoms with Crippen LogP contribution in [0, 0.1) is 19.7 Å². The third-order valence-corrected chi connectivity index (χ3v) is 3.59. The highest BCUT2D eigenvalue weighted by Gasteiger charge is 2.16. The topological polar surface area (TPSA) is 63.5 Å². The second-order valence-corrected chi connectivity index (χ2v) is 5.20. The molecule has 0 fully saturated rings. The summed E-state index contributed by atoms with van der Waals surface area (Å²) in [5.41, 5.74) is 1.27. The molecule has 0 aliphatic heterocycles. The lowest BCUT2D eigenvalue weighted by Crippen LogP contribution is -2.25. The summed E-state index contributed by atoms with van der Waals surface area (Å²) in [7, 11) is 0. The van der Waals surface area contributed by atoms with Gasteiger partial charge in [-0.15, -0.1) is 0 Å². The van der Waals surface area contributed by atoms with E-state index in [0.717, 1.165) is 5.56 Å². The largest absolute Gasteiger partial charge is 0.316 e. The number of hydrogen-bond acceptors (Lipinski definition) is 3. The molecule has 0 saturated carbocycles. The molecule has 3 aromatic rings. The first-order chi connectivity index (χ1) is 11.0. The zero-order valence-electron chi connectivity index (χ0n) is 12.6. The van der Waals surface area contributed by atoms with Crippen LogP contribution in [0.1, 0.15) is 21.6 Å². The number of fused-ring (bicyclic) bond motifs is 1. The maximum absolute atomic E-state index is 13.7. The van der Waals surface area contributed by atoms with Gasteiger partial charge in [-0.25, -0.2) is 9.37 Å². The van der Waals surface area contributed by atoms with E-state index in [4.69, 9.17) is 0 Å². The molecule has 1 N–H and O–H groups in total. The van der Waals surface area contributed by atoms with E-state index < -0.39 is 17.3 Å². The fraction of sp³-hybridized carbons (Fsp3) is 0.118. The summed E-state index contributed by atoms with van der Waals surface area (Å²) in [6.07, 6.45) is 1.58. The van der Waals surface area contributed by atoms with Crippen LogP contribution in [0.4, 0.5) is 10.1 Å². The van der Waals surface area contributed by atoms with Crippen LogP contribution >= 0.6 is 0 Å². The Morgan fingerprint density at radius 1 is 1.17 bits per heavy atom. The number of nitrogens with zero attached hydrogens (tertiary/aromatic N) is 2. The van der Waals surface area contributed by atoms with Crippen LogP contribution in [-0.4, -0.2) is 15.3 Å². The Bertz CT molecular complexity index is 979. The number of carbonyl (C=O) groups excluding carboxylic acids is 1. The number of amides is 1. The minimum Gasteiger partial charge on any atom is -0.316 e. The molecule has 0 aliphatic rings. The third-order valence-electron chi connectivity index (χ3n) is 3.59. The number of pyridine rings is 1. The molecule has 3 rings (SSSR count). The molecule has 0 atom stereocenters. The smallest absolute Gasteiger partial charge is 0.281 e. The number of aromatic nitrogens is 2. The predicted molar refractivity (Wildman–Crippen MR) is 85.3 cm³/mol. The van der Waals surface area contributed by atoms with Crippen molar-refractivity contribution in [2.45, 2.75) is 13.8 Å². The number of hydrogen-bond donors (Lipinski definition) is 1. The zero-order chi connectivity index (χ0) is 16.6. The third kappa shape index (κ3) is 2.59. The number of carbonyl (C=O) groups is 1. The van der Waals surface area contributed by atoms with Gasteiger partial charge in [0, 0.05) is 6.20 Å². The van der Waals surface area contributed by atoms with Gasteiger partial charge >= 0.3 is 0 Å². The molecule has 2 aromatic heterocycles. The van der Waals surface area contributed by atoms with Crippen molar-refractivity contribution in [3.63, 3.8) is 0 Å². The van der Waals surface area contributed by atoms with Gasteiger partial charge in [0.1, 0.15) is 17.2 Å². The highest BCUT2D eigenvalue weighted by atomic mass is 19.1. The lowest BCUT2D eigenvalue weighted by atomic mass is 10.2. The van der Waals surface area contributed by atoms with Crippen molar-refractivity contribution in [2.75, 3.05) is 5.32 Å². The second-order valence-electron chi connectivity index (χ2n) is 5.20. The molecule has 23 heavy (non-hydrogen) atoms. The normalized spacial score (nSPS) is 10.7. The van der Waals surface area contributed by atoms with E-state index >= 15 is 0 Å². The van der Waals surface area contributed by atoms with Gasteiger partial charge in [-0.05, 0) is 37.6 Å². The molecule has 6 heteroatoms. The Labute approximate surface area is 131 Å². The highest BCUT2D eigenvalue weighted by Crippen LogP contribution is 2.14. The van der Waals surface area contributed by atoms with Crippen LogP contribution in [-0.2, 0) is 0 Å². The van der Waals surface area contributed by atoms with Gasteiger partial charge in [0.05, 0.1) is 11.3 Å². The Hall–Kier alpha value is -3.02. The molecule has 0 radical (unpaired) electrons. The first-order valence-electron chi connectivity index (χ1n) is 7.03. The van der Waals surface area contributed by atoms with Gasteiger partial charge in [-0.3, -0.25) is 14.0 Å². The number of halogens is 1. The average molecular weight is 311 g/mol. The molecule has 0 aliphatic carbocycles. The van der Waals surface area contributed by atoms with Crippen LogP contribution < -0.4 is 10.9 Å². The summed E-state index contributed by atoms with van der Waals surface area (Å²) >= 11 is 0. The fourth-order valence-corrected chi connectivity index (χ4v) is 2.37. The van der Waals surface area contributed by atoms with Crippen LogP contribution in [0.3, 0.4) is 0 Å². The molecule has 0 bridgehead atoms. The molecule has 116 valence electrons. The van der Waals surface area contributed by atoms with Crippen LogP contribution in [0.15, 0.2) is 47.4 Å². The molecule has 0 unspecified atom stereocenters. The van der Waals surface area contributed by atoms with Gasteiger partial charge in [0.2, 0.25) is 0 Å². The standard InChI is InChI=1S/C17H14FN3O2/c1-10-6-5-9-21-15(10)19-11(2)14(17(21)23)20-16(22)12-7-3-4-8-13(12)18/h3-9H,1-2H3,(H,20,22).